The van der Waals surface area contributed by atoms with Gasteiger partial charge in [0.15, 0.2) is 0 Å². The largest absolute Gasteiger partial charge is 0.341 e. The quantitative estimate of drug-likeness (QED) is 0.612. The van der Waals surface area contributed by atoms with Crippen LogP contribution in [0.1, 0.15) is 6.92 Å². The molecule has 0 unspecified atom stereocenters. The molecule has 0 fully saturated rings. The van der Waals surface area contributed by atoms with E-state index in [9.17, 15) is 0 Å². The van der Waals surface area contributed by atoms with Gasteiger partial charge in [-0.2, -0.15) is 0 Å². The summed E-state index contributed by atoms with van der Waals surface area (Å²) in [5.41, 5.74) is 3.84. The molecule has 1 heteroatoms. The standard InChI is InChI=1S/C16H14N/c1-2-17-15-11-7-6-10-14(15)12-16(17)13-8-4-3-5-9-13/h4-12H,2H2,1H3. The van der Waals surface area contributed by atoms with E-state index in [1.807, 2.05) is 12.1 Å². The number of para-hydroxylation sites is 1. The minimum absolute atomic E-state index is 0.988. The maximum absolute atomic E-state index is 3.06. The third-order valence-corrected chi connectivity index (χ3v) is 3.14. The molecule has 3 aromatic rings. The molecule has 0 saturated carbocycles. The zero-order valence-electron chi connectivity index (χ0n) is 9.85. The molecule has 0 aliphatic heterocycles. The summed E-state index contributed by atoms with van der Waals surface area (Å²) in [6.45, 7) is 3.17. The van der Waals surface area contributed by atoms with E-state index in [1.165, 1.54) is 22.2 Å². The van der Waals surface area contributed by atoms with Crippen LogP contribution in [-0.4, -0.2) is 4.57 Å². The van der Waals surface area contributed by atoms with Crippen LogP contribution in [0, 0.1) is 6.07 Å². The van der Waals surface area contributed by atoms with Crippen molar-refractivity contribution < 1.29 is 0 Å². The molecule has 1 heterocycles. The van der Waals surface area contributed by atoms with E-state index in [0.29, 0.717) is 0 Å². The fraction of sp³-hybridized carbons (Fsp3) is 0.125. The van der Waals surface area contributed by atoms with Crippen LogP contribution in [-0.2, 0) is 6.54 Å². The predicted molar refractivity (Wildman–Crippen MR) is 71.9 cm³/mol. The highest BCUT2D eigenvalue weighted by Gasteiger charge is 2.07. The molecule has 2 aromatic carbocycles. The molecule has 1 radical (unpaired) electrons. The second-order valence-electron chi connectivity index (χ2n) is 4.12. The molecule has 0 bridgehead atoms. The topological polar surface area (TPSA) is 4.93 Å². The molecule has 83 valence electrons. The Labute approximate surface area is 101 Å². The van der Waals surface area contributed by atoms with Crippen molar-refractivity contribution in [2.75, 3.05) is 0 Å². The number of hydrogen-bond acceptors (Lipinski definition) is 0. The van der Waals surface area contributed by atoms with Crippen LogP contribution in [0.4, 0.5) is 0 Å². The highest BCUT2D eigenvalue weighted by Crippen LogP contribution is 2.27. The smallest absolute Gasteiger partial charge is 0.0491 e. The monoisotopic (exact) mass is 220 g/mol. The Hall–Kier alpha value is -2.02. The summed E-state index contributed by atoms with van der Waals surface area (Å²) in [5, 5.41) is 1.30. The Bertz CT molecular complexity index is 635. The van der Waals surface area contributed by atoms with Gasteiger partial charge in [0.05, 0.1) is 0 Å². The zero-order chi connectivity index (χ0) is 11.7. The van der Waals surface area contributed by atoms with Gasteiger partial charge in [-0.3, -0.25) is 0 Å². The second kappa shape index (κ2) is 4.10. The SMILES string of the molecule is CCn1c(-c2cc[c]cc2)cc2ccccc21. The van der Waals surface area contributed by atoms with Crippen molar-refractivity contribution in [2.45, 2.75) is 13.5 Å². The van der Waals surface area contributed by atoms with E-state index >= 15 is 0 Å². The Balaban J connectivity index is 2.30. The first kappa shape index (κ1) is 10.2. The summed E-state index contributed by atoms with van der Waals surface area (Å²) in [7, 11) is 0. The lowest BCUT2D eigenvalue weighted by Crippen LogP contribution is -1.95. The Kier molecular flexibility index (Phi) is 2.45. The summed E-state index contributed by atoms with van der Waals surface area (Å²) in [5.74, 6) is 0. The molecule has 0 aliphatic carbocycles. The van der Waals surface area contributed by atoms with Gasteiger partial charge in [0.1, 0.15) is 0 Å². The van der Waals surface area contributed by atoms with E-state index in [-0.39, 0.29) is 0 Å². The molecule has 0 saturated heterocycles. The van der Waals surface area contributed by atoms with E-state index in [1.54, 1.807) is 0 Å². The van der Waals surface area contributed by atoms with Crippen molar-refractivity contribution in [3.63, 3.8) is 0 Å². The molecule has 1 aromatic heterocycles. The van der Waals surface area contributed by atoms with Crippen molar-refractivity contribution in [2.24, 2.45) is 0 Å². The van der Waals surface area contributed by atoms with E-state index < -0.39 is 0 Å². The lowest BCUT2D eigenvalue weighted by atomic mass is 10.1. The van der Waals surface area contributed by atoms with Gasteiger partial charge in [-0.15, -0.1) is 0 Å². The Morgan fingerprint density at radius 1 is 1.06 bits per heavy atom. The number of aromatic nitrogens is 1. The average Bonchev–Trinajstić information content (AvgIpc) is 2.78. The van der Waals surface area contributed by atoms with Gasteiger partial charge in [0, 0.05) is 23.1 Å². The Morgan fingerprint density at radius 3 is 2.59 bits per heavy atom. The summed E-state index contributed by atoms with van der Waals surface area (Å²) in [6, 6.07) is 22.0. The highest BCUT2D eigenvalue weighted by molar-refractivity contribution is 5.87. The molecular formula is C16H14N. The molecule has 0 atom stereocenters. The van der Waals surface area contributed by atoms with Crippen molar-refractivity contribution >= 4 is 10.9 Å². The molecular weight excluding hydrogens is 206 g/mol. The Morgan fingerprint density at radius 2 is 1.82 bits per heavy atom. The highest BCUT2D eigenvalue weighted by atomic mass is 15.0. The maximum atomic E-state index is 3.06. The lowest BCUT2D eigenvalue weighted by Gasteiger charge is -2.07. The average molecular weight is 220 g/mol. The first-order valence-electron chi connectivity index (χ1n) is 5.95. The van der Waals surface area contributed by atoms with Crippen LogP contribution in [0.2, 0.25) is 0 Å². The van der Waals surface area contributed by atoms with Crippen LogP contribution in [0.25, 0.3) is 22.2 Å². The summed E-state index contributed by atoms with van der Waals surface area (Å²) >= 11 is 0. The van der Waals surface area contributed by atoms with Crippen LogP contribution in [0.15, 0.2) is 54.6 Å². The van der Waals surface area contributed by atoms with Gasteiger partial charge in [-0.05, 0) is 30.7 Å². The maximum Gasteiger partial charge on any atom is 0.0491 e. The first-order chi connectivity index (χ1) is 8.40. The predicted octanol–water partition coefficient (Wildman–Crippen LogP) is 4.13. The van der Waals surface area contributed by atoms with Crippen molar-refractivity contribution in [1.29, 1.82) is 0 Å². The lowest BCUT2D eigenvalue weighted by molar-refractivity contribution is 0.805. The van der Waals surface area contributed by atoms with Crippen LogP contribution >= 0.6 is 0 Å². The molecule has 0 amide bonds. The van der Waals surface area contributed by atoms with Crippen molar-refractivity contribution in [1.82, 2.24) is 4.57 Å². The van der Waals surface area contributed by atoms with Gasteiger partial charge in [0.25, 0.3) is 0 Å². The number of fused-ring (bicyclic) bond motifs is 1. The van der Waals surface area contributed by atoms with Gasteiger partial charge in [-0.1, -0.05) is 42.5 Å². The van der Waals surface area contributed by atoms with Crippen LogP contribution in [0.3, 0.4) is 0 Å². The second-order valence-corrected chi connectivity index (χ2v) is 4.12. The van der Waals surface area contributed by atoms with Crippen LogP contribution in [0.5, 0.6) is 0 Å². The number of rotatable bonds is 2. The number of nitrogens with zero attached hydrogens (tertiary/aromatic N) is 1. The minimum Gasteiger partial charge on any atom is -0.341 e. The fourth-order valence-electron chi connectivity index (χ4n) is 2.35. The van der Waals surface area contributed by atoms with Crippen LogP contribution < -0.4 is 0 Å². The van der Waals surface area contributed by atoms with E-state index in [0.717, 1.165) is 6.54 Å². The molecule has 0 spiro atoms. The molecule has 0 N–H and O–H groups in total. The molecule has 0 aliphatic rings. The zero-order valence-corrected chi connectivity index (χ0v) is 9.85. The van der Waals surface area contributed by atoms with E-state index in [4.69, 9.17) is 0 Å². The van der Waals surface area contributed by atoms with E-state index in [2.05, 4.69) is 60.0 Å². The number of aryl methyl sites for hydroxylation is 1. The van der Waals surface area contributed by atoms with Gasteiger partial charge in [-0.25, -0.2) is 0 Å². The fourth-order valence-corrected chi connectivity index (χ4v) is 2.35. The molecule has 17 heavy (non-hydrogen) atoms. The van der Waals surface area contributed by atoms with Gasteiger partial charge in [0.2, 0.25) is 0 Å². The van der Waals surface area contributed by atoms with Gasteiger partial charge < -0.3 is 4.57 Å². The number of hydrogen-bond donors (Lipinski definition) is 0. The molecule has 3 rings (SSSR count). The summed E-state index contributed by atoms with van der Waals surface area (Å²) in [6.07, 6.45) is 0. The summed E-state index contributed by atoms with van der Waals surface area (Å²) < 4.78 is 2.35. The van der Waals surface area contributed by atoms with Gasteiger partial charge >= 0.3 is 0 Å². The third-order valence-electron chi connectivity index (χ3n) is 3.14. The third kappa shape index (κ3) is 1.64. The first-order valence-corrected chi connectivity index (χ1v) is 5.95. The number of benzene rings is 2. The summed E-state index contributed by atoms with van der Waals surface area (Å²) in [4.78, 5) is 0. The normalized spacial score (nSPS) is 10.9. The molecule has 1 nitrogen and oxygen atoms in total. The van der Waals surface area contributed by atoms with Crippen molar-refractivity contribution in [3.8, 4) is 11.3 Å². The minimum atomic E-state index is 0.988. The van der Waals surface area contributed by atoms with Crippen molar-refractivity contribution in [3.05, 3.63) is 60.7 Å².